The van der Waals surface area contributed by atoms with Crippen LogP contribution in [-0.4, -0.2) is 45.8 Å². The maximum absolute atomic E-state index is 12.7. The van der Waals surface area contributed by atoms with Gasteiger partial charge in [0.15, 0.2) is 0 Å². The molecule has 0 atom stereocenters. The van der Waals surface area contributed by atoms with Gasteiger partial charge >= 0.3 is 6.18 Å². The Morgan fingerprint density at radius 3 is 2.61 bits per heavy atom. The van der Waals surface area contributed by atoms with E-state index in [1.54, 1.807) is 13.8 Å². The number of amides is 1. The van der Waals surface area contributed by atoms with Crippen molar-refractivity contribution in [3.05, 3.63) is 22.8 Å². The van der Waals surface area contributed by atoms with Crippen LogP contribution < -0.4 is 5.32 Å². The average Bonchev–Trinajstić information content (AvgIpc) is 2.88. The molecule has 1 amide bonds. The molecule has 10 heteroatoms. The minimum Gasteiger partial charge on any atom is -0.383 e. The first-order valence-electron chi connectivity index (χ1n) is 6.79. The van der Waals surface area contributed by atoms with Crippen LogP contribution in [0.5, 0.6) is 0 Å². The van der Waals surface area contributed by atoms with Crippen molar-refractivity contribution >= 4 is 11.7 Å². The monoisotopic (exact) mass is 331 g/mol. The van der Waals surface area contributed by atoms with E-state index in [0.717, 1.165) is 4.52 Å². The Labute approximate surface area is 129 Å². The Kier molecular flexibility index (Phi) is 4.83. The van der Waals surface area contributed by atoms with Gasteiger partial charge in [0.05, 0.1) is 13.0 Å². The van der Waals surface area contributed by atoms with Crippen molar-refractivity contribution in [1.82, 2.24) is 24.9 Å². The molecule has 2 heterocycles. The van der Waals surface area contributed by atoms with Gasteiger partial charge < -0.3 is 10.1 Å². The van der Waals surface area contributed by atoms with Crippen LogP contribution in [0.4, 0.5) is 13.2 Å². The smallest absolute Gasteiger partial charge is 0.383 e. The van der Waals surface area contributed by atoms with Crippen molar-refractivity contribution in [1.29, 1.82) is 0 Å². The van der Waals surface area contributed by atoms with Gasteiger partial charge in [-0.3, -0.25) is 4.79 Å². The third kappa shape index (κ3) is 3.76. The molecule has 1 N–H and O–H groups in total. The summed E-state index contributed by atoms with van der Waals surface area (Å²) in [5, 5.41) is 6.08. The number of fused-ring (bicyclic) bond motifs is 1. The Hall–Kier alpha value is -2.23. The predicted octanol–water partition coefficient (Wildman–Crippen LogP) is 1.07. The quantitative estimate of drug-likeness (QED) is 0.829. The van der Waals surface area contributed by atoms with Crippen LogP contribution in [0.2, 0.25) is 0 Å². The summed E-state index contributed by atoms with van der Waals surface area (Å²) in [6.45, 7) is 3.92. The highest BCUT2D eigenvalue weighted by molar-refractivity contribution is 5.79. The zero-order chi connectivity index (χ0) is 17.2. The van der Waals surface area contributed by atoms with Crippen molar-refractivity contribution in [3.63, 3.8) is 0 Å². The fourth-order valence-corrected chi connectivity index (χ4v) is 2.10. The number of halogens is 3. The average molecular weight is 331 g/mol. The van der Waals surface area contributed by atoms with Crippen LogP contribution >= 0.6 is 0 Å². The number of hydrogen-bond acceptors (Lipinski definition) is 5. The molecule has 0 spiro atoms. The highest BCUT2D eigenvalue weighted by Crippen LogP contribution is 2.27. The molecule has 0 aliphatic heterocycles. The third-order valence-corrected chi connectivity index (χ3v) is 3.27. The number of aromatic nitrogens is 4. The second kappa shape index (κ2) is 6.49. The van der Waals surface area contributed by atoms with Crippen LogP contribution in [-0.2, 0) is 22.1 Å². The molecule has 2 aromatic heterocycles. The first kappa shape index (κ1) is 17.1. The third-order valence-electron chi connectivity index (χ3n) is 3.27. The molecule has 126 valence electrons. The summed E-state index contributed by atoms with van der Waals surface area (Å²) >= 11 is 0. The maximum atomic E-state index is 12.7. The number of rotatable bonds is 5. The summed E-state index contributed by atoms with van der Waals surface area (Å²) in [5.74, 6) is -1.67. The molecule has 0 aliphatic rings. The zero-order valence-corrected chi connectivity index (χ0v) is 12.9. The number of aryl methyl sites for hydroxylation is 2. The van der Waals surface area contributed by atoms with E-state index < -0.39 is 12.0 Å². The Balaban J connectivity index is 2.32. The van der Waals surface area contributed by atoms with E-state index in [-0.39, 0.29) is 18.1 Å². The van der Waals surface area contributed by atoms with Gasteiger partial charge in [-0.05, 0) is 13.8 Å². The van der Waals surface area contributed by atoms with Gasteiger partial charge in [-0.2, -0.15) is 18.2 Å². The first-order chi connectivity index (χ1) is 10.7. The number of carbonyl (C=O) groups is 1. The molecule has 2 aromatic rings. The summed E-state index contributed by atoms with van der Waals surface area (Å²) < 4.78 is 43.9. The van der Waals surface area contributed by atoms with Gasteiger partial charge in [0.25, 0.3) is 11.6 Å². The van der Waals surface area contributed by atoms with Crippen LogP contribution in [0.25, 0.3) is 5.78 Å². The highest BCUT2D eigenvalue weighted by Gasteiger charge is 2.37. The lowest BCUT2D eigenvalue weighted by molar-refractivity contribution is -0.144. The lowest BCUT2D eigenvalue weighted by atomic mass is 10.1. The zero-order valence-electron chi connectivity index (χ0n) is 12.9. The van der Waals surface area contributed by atoms with Gasteiger partial charge in [0.1, 0.15) is 0 Å². The first-order valence-corrected chi connectivity index (χ1v) is 6.79. The second-order valence-electron chi connectivity index (χ2n) is 4.93. The molecule has 0 saturated carbocycles. The lowest BCUT2D eigenvalue weighted by Crippen LogP contribution is -2.29. The topological polar surface area (TPSA) is 81.4 Å². The highest BCUT2D eigenvalue weighted by atomic mass is 19.4. The summed E-state index contributed by atoms with van der Waals surface area (Å²) in [5.41, 5.74) is 1.36. The van der Waals surface area contributed by atoms with Crippen molar-refractivity contribution < 1.29 is 22.7 Å². The molecule has 23 heavy (non-hydrogen) atoms. The largest absolute Gasteiger partial charge is 0.453 e. The molecule has 0 unspecified atom stereocenters. The van der Waals surface area contributed by atoms with Gasteiger partial charge in [-0.15, -0.1) is 5.10 Å². The van der Waals surface area contributed by atoms with Crippen molar-refractivity contribution in [3.8, 4) is 0 Å². The van der Waals surface area contributed by atoms with Crippen LogP contribution in [0, 0.1) is 13.8 Å². The van der Waals surface area contributed by atoms with Gasteiger partial charge in [-0.25, -0.2) is 9.50 Å². The molecule has 0 bridgehead atoms. The Morgan fingerprint density at radius 2 is 2.00 bits per heavy atom. The second-order valence-corrected chi connectivity index (χ2v) is 4.93. The van der Waals surface area contributed by atoms with E-state index in [9.17, 15) is 18.0 Å². The normalized spacial score (nSPS) is 11.9. The molecular weight excluding hydrogens is 315 g/mol. The molecule has 0 fully saturated rings. The molecule has 2 rings (SSSR count). The predicted molar refractivity (Wildman–Crippen MR) is 73.8 cm³/mol. The fraction of sp³-hybridized carbons (Fsp3) is 0.538. The SMILES string of the molecule is COCCNC(=O)Cc1c(C)nc2nc(C(F)(F)F)nn2c1C. The number of carbonyl (C=O) groups excluding carboxylic acids is 1. The fourth-order valence-electron chi connectivity index (χ4n) is 2.10. The Bertz CT molecular complexity index is 726. The van der Waals surface area contributed by atoms with Crippen LogP contribution in [0.15, 0.2) is 0 Å². The van der Waals surface area contributed by atoms with E-state index in [0.29, 0.717) is 30.1 Å². The molecular formula is C13H16F3N5O2. The number of hydrogen-bond donors (Lipinski definition) is 1. The molecule has 7 nitrogen and oxygen atoms in total. The number of nitrogens with one attached hydrogen (secondary N) is 1. The van der Waals surface area contributed by atoms with E-state index in [4.69, 9.17) is 4.74 Å². The number of ether oxygens (including phenoxy) is 1. The van der Waals surface area contributed by atoms with Gasteiger partial charge in [-0.1, -0.05) is 0 Å². The molecule has 0 aliphatic carbocycles. The van der Waals surface area contributed by atoms with E-state index in [1.807, 2.05) is 0 Å². The minimum absolute atomic E-state index is 0.00840. The van der Waals surface area contributed by atoms with E-state index >= 15 is 0 Å². The standard InChI is InChI=1S/C13H16F3N5O2/c1-7-9(6-10(22)17-4-5-23-3)8(2)21-12(18-7)19-11(20-21)13(14,15)16/h4-6H2,1-3H3,(H,17,22). The molecule has 0 saturated heterocycles. The number of alkyl halides is 3. The van der Waals surface area contributed by atoms with Gasteiger partial charge in [0.2, 0.25) is 5.91 Å². The van der Waals surface area contributed by atoms with Gasteiger partial charge in [0, 0.05) is 30.6 Å². The number of nitrogens with zero attached hydrogens (tertiary/aromatic N) is 4. The summed E-state index contributed by atoms with van der Waals surface area (Å²) in [7, 11) is 1.52. The van der Waals surface area contributed by atoms with Crippen LogP contribution in [0.3, 0.4) is 0 Å². The summed E-state index contributed by atoms with van der Waals surface area (Å²) in [4.78, 5) is 19.3. The molecule has 0 aromatic carbocycles. The lowest BCUT2D eigenvalue weighted by Gasteiger charge is -2.10. The van der Waals surface area contributed by atoms with E-state index in [1.165, 1.54) is 7.11 Å². The van der Waals surface area contributed by atoms with Crippen molar-refractivity contribution in [2.75, 3.05) is 20.3 Å². The van der Waals surface area contributed by atoms with E-state index in [2.05, 4.69) is 20.4 Å². The Morgan fingerprint density at radius 1 is 1.30 bits per heavy atom. The molecule has 0 radical (unpaired) electrons. The number of methoxy groups -OCH3 is 1. The van der Waals surface area contributed by atoms with Crippen molar-refractivity contribution in [2.45, 2.75) is 26.4 Å². The summed E-state index contributed by atoms with van der Waals surface area (Å²) in [6.07, 6.45) is -4.66. The maximum Gasteiger partial charge on any atom is 0.453 e. The minimum atomic E-state index is -4.65. The van der Waals surface area contributed by atoms with Crippen molar-refractivity contribution in [2.24, 2.45) is 0 Å². The van der Waals surface area contributed by atoms with Crippen LogP contribution in [0.1, 0.15) is 22.8 Å². The summed E-state index contributed by atoms with van der Waals surface area (Å²) in [6, 6.07) is 0.